The van der Waals surface area contributed by atoms with Crippen LogP contribution < -0.4 is 5.73 Å². The van der Waals surface area contributed by atoms with Crippen LogP contribution >= 0.6 is 0 Å². The molecule has 0 saturated carbocycles. The van der Waals surface area contributed by atoms with Crippen LogP contribution in [0.5, 0.6) is 0 Å². The second-order valence-electron chi connectivity index (χ2n) is 5.31. The van der Waals surface area contributed by atoms with E-state index in [0.29, 0.717) is 13.2 Å². The molecule has 0 aliphatic carbocycles. The summed E-state index contributed by atoms with van der Waals surface area (Å²) < 4.78 is 11.4. The second-order valence-corrected chi connectivity index (χ2v) is 5.31. The maximum Gasteiger partial charge on any atom is 0.106 e. The van der Waals surface area contributed by atoms with Gasteiger partial charge in [-0.25, -0.2) is 0 Å². The molecule has 1 heterocycles. The van der Waals surface area contributed by atoms with Gasteiger partial charge in [-0.2, -0.15) is 0 Å². The predicted octanol–water partition coefficient (Wildman–Crippen LogP) is 2.05. The van der Waals surface area contributed by atoms with Gasteiger partial charge < -0.3 is 15.2 Å². The van der Waals surface area contributed by atoms with Crippen molar-refractivity contribution in [2.24, 2.45) is 5.73 Å². The molecular weight excluding hydrogens is 214 g/mol. The number of benzene rings is 1. The molecular formula is C14H21NO2. The maximum atomic E-state index is 5.88. The topological polar surface area (TPSA) is 44.5 Å². The molecule has 0 amide bonds. The fourth-order valence-corrected chi connectivity index (χ4v) is 2.04. The minimum absolute atomic E-state index is 0.0577. The zero-order valence-electron chi connectivity index (χ0n) is 10.6. The van der Waals surface area contributed by atoms with E-state index in [1.165, 1.54) is 11.1 Å². The Labute approximate surface area is 103 Å². The Morgan fingerprint density at radius 3 is 2.94 bits per heavy atom. The monoisotopic (exact) mass is 235 g/mol. The number of nitrogens with two attached hydrogens (primary N) is 1. The van der Waals surface area contributed by atoms with E-state index < -0.39 is 0 Å². The van der Waals surface area contributed by atoms with E-state index in [4.69, 9.17) is 15.2 Å². The zero-order valence-corrected chi connectivity index (χ0v) is 10.6. The van der Waals surface area contributed by atoms with Gasteiger partial charge in [0.25, 0.3) is 0 Å². The third-order valence-corrected chi connectivity index (χ3v) is 2.84. The fourth-order valence-electron chi connectivity index (χ4n) is 2.04. The molecule has 1 aliphatic heterocycles. The summed E-state index contributed by atoms with van der Waals surface area (Å²) in [5.41, 5.74) is 8.23. The van der Waals surface area contributed by atoms with Crippen molar-refractivity contribution in [2.75, 3.05) is 19.8 Å². The molecule has 2 rings (SSSR count). The molecule has 1 unspecified atom stereocenters. The highest BCUT2D eigenvalue weighted by Crippen LogP contribution is 2.27. The summed E-state index contributed by atoms with van der Waals surface area (Å²) in [4.78, 5) is 0. The van der Waals surface area contributed by atoms with Crippen molar-refractivity contribution in [2.45, 2.75) is 31.9 Å². The highest BCUT2D eigenvalue weighted by Gasteiger charge is 2.21. The van der Waals surface area contributed by atoms with E-state index in [9.17, 15) is 0 Å². The fraction of sp³-hybridized carbons (Fsp3) is 0.571. The molecule has 94 valence electrons. The highest BCUT2D eigenvalue weighted by atomic mass is 16.5. The first-order valence-corrected chi connectivity index (χ1v) is 6.12. The smallest absolute Gasteiger partial charge is 0.106 e. The van der Waals surface area contributed by atoms with E-state index in [1.807, 2.05) is 19.9 Å². The lowest BCUT2D eigenvalue weighted by atomic mass is 9.98. The molecule has 0 saturated heterocycles. The minimum atomic E-state index is -0.284. The Hall–Kier alpha value is -0.900. The normalized spacial score (nSPS) is 20.1. The van der Waals surface area contributed by atoms with Gasteiger partial charge in [-0.05, 0) is 31.4 Å². The summed E-state index contributed by atoms with van der Waals surface area (Å²) in [5.74, 6) is 0. The molecule has 0 radical (unpaired) electrons. The number of rotatable bonds is 4. The first-order valence-electron chi connectivity index (χ1n) is 6.12. The van der Waals surface area contributed by atoms with Crippen molar-refractivity contribution in [3.8, 4) is 0 Å². The quantitative estimate of drug-likeness (QED) is 0.868. The molecule has 3 heteroatoms. The summed E-state index contributed by atoms with van der Waals surface area (Å²) in [7, 11) is 0. The Morgan fingerprint density at radius 2 is 2.18 bits per heavy atom. The Balaban J connectivity index is 1.95. The first kappa shape index (κ1) is 12.6. The van der Waals surface area contributed by atoms with E-state index in [1.54, 1.807) is 0 Å². The van der Waals surface area contributed by atoms with Gasteiger partial charge in [0.05, 0.1) is 19.8 Å². The van der Waals surface area contributed by atoms with Crippen LogP contribution in [0.3, 0.4) is 0 Å². The number of hydrogen-bond donors (Lipinski definition) is 1. The molecule has 0 bridgehead atoms. The van der Waals surface area contributed by atoms with Gasteiger partial charge in [-0.15, -0.1) is 0 Å². The van der Waals surface area contributed by atoms with Crippen LogP contribution in [-0.2, 0) is 15.9 Å². The lowest BCUT2D eigenvalue weighted by Crippen LogP contribution is -2.38. The first-order chi connectivity index (χ1) is 8.06. The van der Waals surface area contributed by atoms with Crippen molar-refractivity contribution < 1.29 is 9.47 Å². The van der Waals surface area contributed by atoms with Crippen LogP contribution in [0.2, 0.25) is 0 Å². The van der Waals surface area contributed by atoms with Crippen molar-refractivity contribution in [3.05, 3.63) is 35.4 Å². The lowest BCUT2D eigenvalue weighted by Gasteiger charge is -2.27. The molecule has 2 N–H and O–H groups in total. The van der Waals surface area contributed by atoms with E-state index >= 15 is 0 Å². The van der Waals surface area contributed by atoms with Gasteiger partial charge in [0.2, 0.25) is 0 Å². The molecule has 1 aliphatic rings. The minimum Gasteiger partial charge on any atom is -0.377 e. The summed E-state index contributed by atoms with van der Waals surface area (Å²) in [6.07, 6.45) is 1.05. The molecule has 17 heavy (non-hydrogen) atoms. The van der Waals surface area contributed by atoms with Crippen molar-refractivity contribution in [1.29, 1.82) is 0 Å². The van der Waals surface area contributed by atoms with Crippen LogP contribution in [0, 0.1) is 0 Å². The molecule has 0 spiro atoms. The number of hydrogen-bond acceptors (Lipinski definition) is 3. The summed E-state index contributed by atoms with van der Waals surface area (Å²) in [6.45, 7) is 5.83. The summed E-state index contributed by atoms with van der Waals surface area (Å²) >= 11 is 0. The molecule has 1 aromatic carbocycles. The van der Waals surface area contributed by atoms with Gasteiger partial charge in [0.1, 0.15) is 6.10 Å². The van der Waals surface area contributed by atoms with E-state index in [2.05, 4.69) is 18.2 Å². The average molecular weight is 235 g/mol. The molecule has 0 fully saturated rings. The highest BCUT2D eigenvalue weighted by molar-refractivity contribution is 5.30. The van der Waals surface area contributed by atoms with Crippen molar-refractivity contribution in [3.63, 3.8) is 0 Å². The van der Waals surface area contributed by atoms with Crippen LogP contribution in [0.1, 0.15) is 31.1 Å². The largest absolute Gasteiger partial charge is 0.377 e. The number of fused-ring (bicyclic) bond motifs is 1. The van der Waals surface area contributed by atoms with Gasteiger partial charge in [-0.3, -0.25) is 0 Å². The second kappa shape index (κ2) is 5.17. The third kappa shape index (κ3) is 3.53. The van der Waals surface area contributed by atoms with Crippen LogP contribution in [-0.4, -0.2) is 25.4 Å². The molecule has 3 nitrogen and oxygen atoms in total. The zero-order chi connectivity index (χ0) is 12.3. The van der Waals surface area contributed by atoms with Crippen LogP contribution in [0.25, 0.3) is 0 Å². The summed E-state index contributed by atoms with van der Waals surface area (Å²) in [5, 5.41) is 0. The van der Waals surface area contributed by atoms with Gasteiger partial charge in [0, 0.05) is 5.54 Å². The number of ether oxygens (including phenoxy) is 2. The predicted molar refractivity (Wildman–Crippen MR) is 67.9 cm³/mol. The van der Waals surface area contributed by atoms with Crippen molar-refractivity contribution >= 4 is 0 Å². The third-order valence-electron chi connectivity index (χ3n) is 2.84. The Morgan fingerprint density at radius 1 is 1.41 bits per heavy atom. The lowest BCUT2D eigenvalue weighted by molar-refractivity contribution is -0.0329. The summed E-state index contributed by atoms with van der Waals surface area (Å²) in [6, 6.07) is 8.41. The van der Waals surface area contributed by atoms with E-state index in [0.717, 1.165) is 13.0 Å². The van der Waals surface area contributed by atoms with Gasteiger partial charge in [0.15, 0.2) is 0 Å². The van der Waals surface area contributed by atoms with E-state index in [-0.39, 0.29) is 11.6 Å². The molecule has 0 aromatic heterocycles. The molecule has 1 atom stereocenters. The standard InChI is InChI=1S/C14H21NO2/c1-14(2,15)10-16-9-13-12-6-4-3-5-11(12)7-8-17-13/h3-6,13H,7-10,15H2,1-2H3. The Bertz CT molecular complexity index is 371. The van der Waals surface area contributed by atoms with Crippen LogP contribution in [0.4, 0.5) is 0 Å². The SMILES string of the molecule is CC(C)(N)COCC1OCCc2ccccc21. The van der Waals surface area contributed by atoms with Crippen molar-refractivity contribution in [1.82, 2.24) is 0 Å². The maximum absolute atomic E-state index is 5.88. The van der Waals surface area contributed by atoms with Gasteiger partial charge >= 0.3 is 0 Å². The van der Waals surface area contributed by atoms with Gasteiger partial charge in [-0.1, -0.05) is 24.3 Å². The average Bonchev–Trinajstić information content (AvgIpc) is 2.28. The van der Waals surface area contributed by atoms with Crippen LogP contribution in [0.15, 0.2) is 24.3 Å². The molecule has 1 aromatic rings. The Kier molecular flexibility index (Phi) is 3.82.